The van der Waals surface area contributed by atoms with Crippen LogP contribution in [0.4, 0.5) is 8.78 Å². The van der Waals surface area contributed by atoms with Gasteiger partial charge in [-0.3, -0.25) is 9.89 Å². The van der Waals surface area contributed by atoms with Gasteiger partial charge in [0, 0.05) is 36.3 Å². The van der Waals surface area contributed by atoms with Crippen molar-refractivity contribution in [1.82, 2.24) is 15.1 Å². The molecule has 1 aliphatic rings. The van der Waals surface area contributed by atoms with Gasteiger partial charge in [-0.15, -0.1) is 5.10 Å². The summed E-state index contributed by atoms with van der Waals surface area (Å²) in [5.41, 5.74) is 1.36. The minimum Gasteiger partial charge on any atom is -0.438 e. The fourth-order valence-electron chi connectivity index (χ4n) is 3.39. The maximum atomic E-state index is 13.1. The van der Waals surface area contributed by atoms with E-state index in [0.717, 1.165) is 18.5 Å². The molecule has 1 saturated heterocycles. The predicted molar refractivity (Wildman–Crippen MR) is 99.3 cm³/mol. The van der Waals surface area contributed by atoms with Gasteiger partial charge in [0.1, 0.15) is 17.4 Å². The van der Waals surface area contributed by atoms with E-state index in [0.29, 0.717) is 30.3 Å². The zero-order valence-corrected chi connectivity index (χ0v) is 15.1. The predicted octanol–water partition coefficient (Wildman–Crippen LogP) is 4.50. The Labute approximate surface area is 160 Å². The van der Waals surface area contributed by atoms with Crippen molar-refractivity contribution in [2.45, 2.75) is 18.8 Å². The Morgan fingerprint density at radius 3 is 2.46 bits per heavy atom. The Kier molecular flexibility index (Phi) is 5.06. The summed E-state index contributed by atoms with van der Waals surface area (Å²) in [6, 6.07) is 13.1. The molecule has 1 unspecified atom stereocenters. The number of likely N-dealkylation sites (tertiary alicyclic amines) is 1. The minimum atomic E-state index is -0.362. The summed E-state index contributed by atoms with van der Waals surface area (Å²) in [6.07, 6.45) is 1.79. The molecule has 0 aliphatic carbocycles. The molecule has 4 rings (SSSR count). The van der Waals surface area contributed by atoms with Gasteiger partial charge in [0.25, 0.3) is 5.91 Å². The van der Waals surface area contributed by atoms with Crippen LogP contribution in [0.3, 0.4) is 0 Å². The maximum absolute atomic E-state index is 13.1. The minimum absolute atomic E-state index is 0.105. The van der Waals surface area contributed by atoms with Crippen molar-refractivity contribution in [3.8, 4) is 11.6 Å². The number of carbonyl (C=O) groups is 1. The highest BCUT2D eigenvalue weighted by molar-refractivity contribution is 5.94. The number of amides is 1. The molecule has 1 amide bonds. The molecule has 0 radical (unpaired) electrons. The molecule has 1 atom stereocenters. The number of carbonyl (C=O) groups excluding carboxylic acids is 1. The van der Waals surface area contributed by atoms with Crippen LogP contribution >= 0.6 is 0 Å². The molecule has 1 aromatic heterocycles. The third-order valence-electron chi connectivity index (χ3n) is 4.85. The Hall–Kier alpha value is -3.22. The topological polar surface area (TPSA) is 58.2 Å². The molecule has 2 aromatic carbocycles. The van der Waals surface area contributed by atoms with Crippen LogP contribution in [0.1, 0.15) is 34.8 Å². The molecule has 2 heterocycles. The van der Waals surface area contributed by atoms with Crippen molar-refractivity contribution in [2.24, 2.45) is 0 Å². The van der Waals surface area contributed by atoms with E-state index in [9.17, 15) is 13.6 Å². The van der Waals surface area contributed by atoms with Crippen molar-refractivity contribution in [3.63, 3.8) is 0 Å². The number of halogens is 2. The van der Waals surface area contributed by atoms with E-state index in [4.69, 9.17) is 4.74 Å². The number of piperidine rings is 1. The highest BCUT2D eigenvalue weighted by Gasteiger charge is 2.27. The third-order valence-corrected chi connectivity index (χ3v) is 4.85. The van der Waals surface area contributed by atoms with Gasteiger partial charge in [-0.05, 0) is 61.4 Å². The van der Waals surface area contributed by atoms with Gasteiger partial charge in [-0.25, -0.2) is 8.78 Å². The van der Waals surface area contributed by atoms with Crippen molar-refractivity contribution in [3.05, 3.63) is 77.5 Å². The zero-order chi connectivity index (χ0) is 19.5. The molecule has 5 nitrogen and oxygen atoms in total. The van der Waals surface area contributed by atoms with Crippen LogP contribution in [0, 0.1) is 11.6 Å². The van der Waals surface area contributed by atoms with Gasteiger partial charge in [0.05, 0.1) is 0 Å². The van der Waals surface area contributed by atoms with Crippen molar-refractivity contribution >= 4 is 5.91 Å². The second-order valence-corrected chi connectivity index (χ2v) is 6.81. The molecule has 0 bridgehead atoms. The fraction of sp³-hybridized carbons (Fsp3) is 0.238. The number of nitrogens with zero attached hydrogens (tertiary/aromatic N) is 2. The van der Waals surface area contributed by atoms with Gasteiger partial charge in [-0.1, -0.05) is 0 Å². The number of ether oxygens (including phenoxy) is 1. The molecule has 1 aliphatic heterocycles. The second-order valence-electron chi connectivity index (χ2n) is 6.81. The Morgan fingerprint density at radius 2 is 1.75 bits per heavy atom. The van der Waals surface area contributed by atoms with Crippen LogP contribution in [-0.4, -0.2) is 34.1 Å². The van der Waals surface area contributed by atoms with E-state index in [-0.39, 0.29) is 23.5 Å². The molecular formula is C21H19F2N3O2. The number of benzene rings is 2. The van der Waals surface area contributed by atoms with E-state index in [1.807, 2.05) is 0 Å². The summed E-state index contributed by atoms with van der Waals surface area (Å²) in [5, 5.41) is 7.14. The number of aromatic amines is 1. The van der Waals surface area contributed by atoms with Gasteiger partial charge in [0.2, 0.25) is 5.88 Å². The average Bonchev–Trinajstić information content (AvgIpc) is 3.18. The van der Waals surface area contributed by atoms with Crippen LogP contribution in [-0.2, 0) is 0 Å². The first-order valence-corrected chi connectivity index (χ1v) is 9.12. The maximum Gasteiger partial charge on any atom is 0.253 e. The Morgan fingerprint density at radius 1 is 1.07 bits per heavy atom. The number of rotatable bonds is 4. The summed E-state index contributed by atoms with van der Waals surface area (Å²) in [6.45, 7) is 1.22. The summed E-state index contributed by atoms with van der Waals surface area (Å²) >= 11 is 0. The first kappa shape index (κ1) is 18.2. The van der Waals surface area contributed by atoms with Crippen LogP contribution in [0.5, 0.6) is 11.6 Å². The Bertz CT molecular complexity index is 955. The van der Waals surface area contributed by atoms with Gasteiger partial charge in [-0.2, -0.15) is 0 Å². The van der Waals surface area contributed by atoms with Gasteiger partial charge < -0.3 is 9.64 Å². The Balaban J connectivity index is 1.43. The lowest BCUT2D eigenvalue weighted by atomic mass is 9.94. The largest absolute Gasteiger partial charge is 0.438 e. The standard InChI is InChI=1S/C21H19F2N3O2/c22-16-5-3-14(4-6-16)21(27)26-11-1-2-15(13-26)19-12-20(25-24-19)28-18-9-7-17(23)8-10-18/h3-10,12,15H,1-2,11,13H2,(H,24,25). The highest BCUT2D eigenvalue weighted by Crippen LogP contribution is 2.29. The number of nitrogens with one attached hydrogen (secondary N) is 1. The number of hydrogen-bond donors (Lipinski definition) is 1. The summed E-state index contributed by atoms with van der Waals surface area (Å²) in [4.78, 5) is 14.5. The van der Waals surface area contributed by atoms with E-state index in [1.54, 1.807) is 11.0 Å². The highest BCUT2D eigenvalue weighted by atomic mass is 19.1. The molecule has 0 spiro atoms. The summed E-state index contributed by atoms with van der Waals surface area (Å²) < 4.78 is 31.7. The summed E-state index contributed by atoms with van der Waals surface area (Å²) in [7, 11) is 0. The number of H-pyrrole nitrogens is 1. The lowest BCUT2D eigenvalue weighted by molar-refractivity contribution is 0.0706. The SMILES string of the molecule is O=C(c1ccc(F)cc1)N1CCCC(c2cc(Oc3ccc(F)cc3)n[nH]2)C1. The molecule has 7 heteroatoms. The van der Waals surface area contributed by atoms with Crippen molar-refractivity contribution in [1.29, 1.82) is 0 Å². The van der Waals surface area contributed by atoms with Crippen LogP contribution in [0.15, 0.2) is 54.6 Å². The quantitative estimate of drug-likeness (QED) is 0.722. The molecule has 1 N–H and O–H groups in total. The van der Waals surface area contributed by atoms with E-state index >= 15 is 0 Å². The molecule has 1 fully saturated rings. The lowest BCUT2D eigenvalue weighted by Crippen LogP contribution is -2.39. The van der Waals surface area contributed by atoms with Gasteiger partial charge >= 0.3 is 0 Å². The normalized spacial score (nSPS) is 16.8. The first-order chi connectivity index (χ1) is 13.6. The van der Waals surface area contributed by atoms with Crippen LogP contribution < -0.4 is 4.74 Å². The first-order valence-electron chi connectivity index (χ1n) is 9.12. The van der Waals surface area contributed by atoms with Crippen LogP contribution in [0.2, 0.25) is 0 Å². The zero-order valence-electron chi connectivity index (χ0n) is 15.1. The van der Waals surface area contributed by atoms with Crippen molar-refractivity contribution in [2.75, 3.05) is 13.1 Å². The second kappa shape index (κ2) is 7.80. The lowest BCUT2D eigenvalue weighted by Gasteiger charge is -2.32. The fourth-order valence-corrected chi connectivity index (χ4v) is 3.39. The molecule has 3 aromatic rings. The smallest absolute Gasteiger partial charge is 0.253 e. The average molecular weight is 383 g/mol. The third kappa shape index (κ3) is 4.03. The molecular weight excluding hydrogens is 364 g/mol. The van der Waals surface area contributed by atoms with E-state index in [1.165, 1.54) is 48.5 Å². The van der Waals surface area contributed by atoms with Crippen molar-refractivity contribution < 1.29 is 18.3 Å². The summed E-state index contributed by atoms with van der Waals surface area (Å²) in [5.74, 6) is 0.199. The number of aromatic nitrogens is 2. The van der Waals surface area contributed by atoms with E-state index < -0.39 is 0 Å². The molecule has 28 heavy (non-hydrogen) atoms. The van der Waals surface area contributed by atoms with Gasteiger partial charge in [0.15, 0.2) is 0 Å². The number of hydrogen-bond acceptors (Lipinski definition) is 3. The molecule has 144 valence electrons. The van der Waals surface area contributed by atoms with Crippen LogP contribution in [0.25, 0.3) is 0 Å². The molecule has 0 saturated carbocycles. The monoisotopic (exact) mass is 383 g/mol. The van der Waals surface area contributed by atoms with E-state index in [2.05, 4.69) is 10.2 Å².